The zero-order chi connectivity index (χ0) is 25.5. The molecule has 33 heavy (non-hydrogen) atoms. The molecule has 2 fully saturated rings. The van der Waals surface area contributed by atoms with Gasteiger partial charge in [0.25, 0.3) is 11.7 Å². The summed E-state index contributed by atoms with van der Waals surface area (Å²) in [5, 5.41) is 110. The van der Waals surface area contributed by atoms with E-state index in [0.717, 1.165) is 6.92 Å². The molecule has 2 saturated heterocycles. The van der Waals surface area contributed by atoms with Gasteiger partial charge in [-0.15, -0.1) is 0 Å². The van der Waals surface area contributed by atoms with Crippen LogP contribution >= 0.6 is 0 Å². The third kappa shape index (κ3) is 4.83. The van der Waals surface area contributed by atoms with E-state index >= 15 is 0 Å². The molecule has 2 aliphatic heterocycles. The van der Waals surface area contributed by atoms with Gasteiger partial charge < -0.3 is 65.6 Å². The van der Waals surface area contributed by atoms with Gasteiger partial charge in [0.05, 0.1) is 25.4 Å². The molecule has 0 saturated carbocycles. The molecule has 2 heterocycles. The van der Waals surface area contributed by atoms with Gasteiger partial charge in [-0.05, 0) is 0 Å². The molecule has 192 valence electrons. The lowest BCUT2D eigenvalue weighted by Crippen LogP contribution is -2.78. The highest BCUT2D eigenvalue weighted by Crippen LogP contribution is 2.39. The van der Waals surface area contributed by atoms with Gasteiger partial charge in [-0.25, -0.2) is 4.79 Å². The Hall–Kier alpha value is -1.54. The van der Waals surface area contributed by atoms with Gasteiger partial charge in [0.1, 0.15) is 36.6 Å². The Morgan fingerprint density at radius 1 is 1.06 bits per heavy atom. The highest BCUT2D eigenvalue weighted by Gasteiger charge is 2.63. The molecule has 2 unspecified atom stereocenters. The number of hydrogen-bond donors (Lipinski definition) is 11. The lowest BCUT2D eigenvalue weighted by Gasteiger charge is -2.55. The number of rotatable bonds is 7. The van der Waals surface area contributed by atoms with Crippen LogP contribution in [0.5, 0.6) is 0 Å². The molecule has 0 radical (unpaired) electrons. The van der Waals surface area contributed by atoms with Crippen molar-refractivity contribution in [1.82, 2.24) is 4.90 Å². The Morgan fingerprint density at radius 3 is 2.09 bits per heavy atom. The van der Waals surface area contributed by atoms with Gasteiger partial charge in [-0.1, -0.05) is 0 Å². The minimum atomic E-state index is -3.30. The number of ether oxygens (including phenoxy) is 2. The summed E-state index contributed by atoms with van der Waals surface area (Å²) in [4.78, 5) is 24.2. The van der Waals surface area contributed by atoms with E-state index in [1.807, 2.05) is 0 Å². The van der Waals surface area contributed by atoms with Gasteiger partial charge in [0.15, 0.2) is 6.10 Å². The minimum absolute atomic E-state index is 0.152. The van der Waals surface area contributed by atoms with Crippen molar-refractivity contribution in [1.29, 1.82) is 0 Å². The Kier molecular flexibility index (Phi) is 8.38. The van der Waals surface area contributed by atoms with E-state index in [4.69, 9.17) is 14.6 Å². The number of aliphatic carboxylic acids is 1. The van der Waals surface area contributed by atoms with E-state index in [-0.39, 0.29) is 4.90 Å². The monoisotopic (exact) mass is 487 g/mol. The van der Waals surface area contributed by atoms with Crippen molar-refractivity contribution in [3.05, 3.63) is 0 Å². The van der Waals surface area contributed by atoms with Crippen LogP contribution < -0.4 is 0 Å². The molecular weight excluding hydrogens is 458 g/mol. The SMILES string of the molecule is CC(=O)N([C@@H]1[C@@H](O)C[C@](O)(C(=O)O)O[C@H]1C(O)[C@H](O)CO)C1(O)O[C@H](CO)[C@@H](O)[C@H](O)[C@H]1O. The summed E-state index contributed by atoms with van der Waals surface area (Å²) in [6.45, 7) is -1.36. The largest absolute Gasteiger partial charge is 0.477 e. The summed E-state index contributed by atoms with van der Waals surface area (Å²) >= 11 is 0. The van der Waals surface area contributed by atoms with Crippen LogP contribution in [0.4, 0.5) is 0 Å². The number of carbonyl (C=O) groups is 2. The Morgan fingerprint density at radius 2 is 1.64 bits per heavy atom. The van der Waals surface area contributed by atoms with Crippen molar-refractivity contribution in [2.75, 3.05) is 13.2 Å². The normalized spacial score (nSPS) is 43.5. The maximum atomic E-state index is 12.6. The number of aliphatic hydroxyl groups excluding tert-OH is 8. The maximum Gasteiger partial charge on any atom is 0.364 e. The lowest BCUT2D eigenvalue weighted by atomic mass is 9.85. The van der Waals surface area contributed by atoms with Crippen molar-refractivity contribution in [2.24, 2.45) is 0 Å². The first kappa shape index (κ1) is 27.7. The Labute approximate surface area is 186 Å². The summed E-state index contributed by atoms with van der Waals surface area (Å²) in [6.07, 6.45) is -18.2. The quantitative estimate of drug-likeness (QED) is 0.149. The second-order valence-electron chi connectivity index (χ2n) is 7.99. The minimum Gasteiger partial charge on any atom is -0.477 e. The zero-order valence-corrected chi connectivity index (χ0v) is 17.3. The average Bonchev–Trinajstić information content (AvgIpc) is 2.75. The van der Waals surface area contributed by atoms with Crippen LogP contribution in [0, 0.1) is 0 Å². The van der Waals surface area contributed by atoms with Crippen molar-refractivity contribution in [3.63, 3.8) is 0 Å². The fourth-order valence-corrected chi connectivity index (χ4v) is 4.01. The molecule has 2 rings (SSSR count). The van der Waals surface area contributed by atoms with Gasteiger partial charge in [-0.2, -0.15) is 0 Å². The smallest absolute Gasteiger partial charge is 0.364 e. The van der Waals surface area contributed by atoms with Crippen molar-refractivity contribution >= 4 is 11.9 Å². The molecular formula is C17H29NO15. The first-order valence-electron chi connectivity index (χ1n) is 9.80. The average molecular weight is 487 g/mol. The fourth-order valence-electron chi connectivity index (χ4n) is 4.01. The van der Waals surface area contributed by atoms with E-state index in [2.05, 4.69) is 0 Å². The number of hydrogen-bond acceptors (Lipinski definition) is 14. The van der Waals surface area contributed by atoms with E-state index in [9.17, 15) is 60.7 Å². The van der Waals surface area contributed by atoms with Crippen molar-refractivity contribution < 1.29 is 75.2 Å². The van der Waals surface area contributed by atoms with Crippen molar-refractivity contribution in [2.45, 2.75) is 79.9 Å². The first-order valence-corrected chi connectivity index (χ1v) is 9.80. The molecule has 16 nitrogen and oxygen atoms in total. The number of carbonyl (C=O) groups excluding carboxylic acids is 1. The predicted molar refractivity (Wildman–Crippen MR) is 98.4 cm³/mol. The fraction of sp³-hybridized carbons (Fsp3) is 0.882. The van der Waals surface area contributed by atoms with Crippen LogP contribution in [0.3, 0.4) is 0 Å². The molecule has 0 bridgehead atoms. The maximum absolute atomic E-state index is 12.6. The van der Waals surface area contributed by atoms with Crippen molar-refractivity contribution in [3.8, 4) is 0 Å². The molecule has 0 spiro atoms. The zero-order valence-electron chi connectivity index (χ0n) is 17.3. The number of carboxylic acids is 1. The van der Waals surface area contributed by atoms with Crippen LogP contribution in [-0.4, -0.2) is 153 Å². The number of carboxylic acid groups (broad SMARTS) is 1. The standard InChI is InChI=1S/C17H29NO15/c1-5(21)18(17(31)14(27)12(26)11(25)8(4-20)32-17)9-6(22)2-16(30,15(28)29)33-13(9)10(24)7(23)3-19/h6-14,19-20,22-27,30-31H,2-4H2,1H3,(H,28,29)/t6-,7+,8+,9+,10?,11+,12-,13+,14+,16+,17?/m0/s1. The highest BCUT2D eigenvalue weighted by atomic mass is 16.7. The number of amides is 1. The molecule has 0 aromatic carbocycles. The molecule has 16 heteroatoms. The summed E-state index contributed by atoms with van der Waals surface area (Å²) in [6, 6.07) is -2.07. The lowest BCUT2D eigenvalue weighted by molar-refractivity contribution is -0.412. The first-order chi connectivity index (χ1) is 15.2. The van der Waals surface area contributed by atoms with E-state index in [0.29, 0.717) is 0 Å². The number of nitrogens with zero attached hydrogens (tertiary/aromatic N) is 1. The second kappa shape index (κ2) is 9.98. The molecule has 2 aliphatic rings. The summed E-state index contributed by atoms with van der Waals surface area (Å²) in [5.41, 5.74) is 0. The second-order valence-corrected chi connectivity index (χ2v) is 7.99. The van der Waals surface area contributed by atoms with Crippen LogP contribution in [0.1, 0.15) is 13.3 Å². The summed E-state index contributed by atoms with van der Waals surface area (Å²) < 4.78 is 10.0. The molecule has 11 N–H and O–H groups in total. The third-order valence-electron chi connectivity index (χ3n) is 5.73. The van der Waals surface area contributed by atoms with Gasteiger partial charge in [0.2, 0.25) is 5.91 Å². The van der Waals surface area contributed by atoms with Crippen LogP contribution in [0.2, 0.25) is 0 Å². The topological polar surface area (TPSA) is 278 Å². The van der Waals surface area contributed by atoms with Crippen LogP contribution in [-0.2, 0) is 19.1 Å². The summed E-state index contributed by atoms with van der Waals surface area (Å²) in [5.74, 6) is -9.68. The van der Waals surface area contributed by atoms with E-state index < -0.39 is 98.1 Å². The van der Waals surface area contributed by atoms with Crippen LogP contribution in [0.25, 0.3) is 0 Å². The summed E-state index contributed by atoms with van der Waals surface area (Å²) in [7, 11) is 0. The molecule has 11 atom stereocenters. The molecule has 0 aliphatic carbocycles. The van der Waals surface area contributed by atoms with Gasteiger partial charge in [-0.3, -0.25) is 9.69 Å². The highest BCUT2D eigenvalue weighted by molar-refractivity contribution is 5.76. The third-order valence-corrected chi connectivity index (χ3v) is 5.73. The Bertz CT molecular complexity index is 723. The molecule has 0 aromatic rings. The van der Waals surface area contributed by atoms with Gasteiger partial charge >= 0.3 is 5.97 Å². The molecule has 1 amide bonds. The van der Waals surface area contributed by atoms with E-state index in [1.54, 1.807) is 0 Å². The molecule has 0 aromatic heterocycles. The van der Waals surface area contributed by atoms with Gasteiger partial charge in [0, 0.05) is 13.3 Å². The Balaban J connectivity index is 2.62. The van der Waals surface area contributed by atoms with E-state index in [1.165, 1.54) is 0 Å². The number of aliphatic hydroxyl groups is 10. The van der Waals surface area contributed by atoms with Crippen LogP contribution in [0.15, 0.2) is 0 Å². The predicted octanol–water partition coefficient (Wildman–Crippen LogP) is -7.04.